The molecule has 132 valence electrons. The van der Waals surface area contributed by atoms with Crippen molar-refractivity contribution in [3.8, 4) is 17.7 Å². The molecule has 4 aromatic rings. The lowest BCUT2D eigenvalue weighted by Gasteiger charge is -2.11. The molecule has 8 heteroatoms. The Kier molecular flexibility index (Phi) is 4.10. The van der Waals surface area contributed by atoms with Crippen LogP contribution in [-0.2, 0) is 0 Å². The topological polar surface area (TPSA) is 99.5 Å². The highest BCUT2D eigenvalue weighted by Crippen LogP contribution is 2.32. The Labute approximate surface area is 153 Å². The molecule has 0 saturated carbocycles. The second-order valence-electron chi connectivity index (χ2n) is 5.75. The predicted molar refractivity (Wildman–Crippen MR) is 97.3 cm³/mol. The summed E-state index contributed by atoms with van der Waals surface area (Å²) in [5.41, 5.74) is 1.55. The molecule has 2 N–H and O–H groups in total. The summed E-state index contributed by atoms with van der Waals surface area (Å²) in [4.78, 5) is 15.2. The van der Waals surface area contributed by atoms with E-state index in [-0.39, 0.29) is 23.0 Å². The molecular formula is C19H13FN6O. The van der Waals surface area contributed by atoms with Crippen LogP contribution in [-0.4, -0.2) is 19.9 Å². The molecule has 0 aliphatic heterocycles. The number of pyridine rings is 1. The van der Waals surface area contributed by atoms with Crippen LogP contribution in [0.3, 0.4) is 0 Å². The first kappa shape index (κ1) is 16.5. The first-order chi connectivity index (χ1) is 13.2. The maximum absolute atomic E-state index is 14.8. The fourth-order valence-electron chi connectivity index (χ4n) is 2.67. The molecule has 0 unspecified atom stereocenters. The summed E-state index contributed by atoms with van der Waals surface area (Å²) in [6.45, 7) is 1.84. The normalized spacial score (nSPS) is 10.6. The molecule has 0 fully saturated rings. The highest BCUT2D eigenvalue weighted by molar-refractivity contribution is 5.82. The van der Waals surface area contributed by atoms with Gasteiger partial charge in [0.15, 0.2) is 22.9 Å². The molecule has 3 aromatic heterocycles. The monoisotopic (exact) mass is 360 g/mol. The molecule has 0 atom stereocenters. The van der Waals surface area contributed by atoms with Gasteiger partial charge in [-0.05, 0) is 37.3 Å². The molecular weight excluding hydrogens is 347 g/mol. The number of anilines is 2. The number of hydrogen-bond acceptors (Lipinski definition) is 6. The number of aryl methyl sites for hydroxylation is 1. The summed E-state index contributed by atoms with van der Waals surface area (Å²) in [6, 6.07) is 12.2. The van der Waals surface area contributed by atoms with E-state index in [1.54, 1.807) is 36.5 Å². The van der Waals surface area contributed by atoms with Gasteiger partial charge in [-0.25, -0.2) is 19.3 Å². The van der Waals surface area contributed by atoms with Gasteiger partial charge < -0.3 is 15.0 Å². The molecule has 3 heterocycles. The molecule has 0 spiro atoms. The standard InChI is InChI=1S/C19H13FN6O/c1-11-8-12-14(25-11)5-6-15(17(12)20)27-19-13(9-21)18(23-10-24-19)26-16-4-2-3-7-22-16/h2-8,10,25H,1H3,(H,22,23,24,26). The summed E-state index contributed by atoms with van der Waals surface area (Å²) in [5, 5.41) is 12.9. The van der Waals surface area contributed by atoms with E-state index in [4.69, 9.17) is 4.74 Å². The van der Waals surface area contributed by atoms with Gasteiger partial charge in [-0.15, -0.1) is 0 Å². The van der Waals surface area contributed by atoms with Crippen molar-refractivity contribution in [3.05, 3.63) is 66.0 Å². The van der Waals surface area contributed by atoms with Crippen molar-refractivity contribution in [1.82, 2.24) is 19.9 Å². The van der Waals surface area contributed by atoms with Crippen LogP contribution < -0.4 is 10.1 Å². The van der Waals surface area contributed by atoms with E-state index in [0.717, 1.165) is 5.69 Å². The van der Waals surface area contributed by atoms with Crippen molar-refractivity contribution in [1.29, 1.82) is 5.26 Å². The number of aromatic amines is 1. The lowest BCUT2D eigenvalue weighted by Crippen LogP contribution is -2.02. The van der Waals surface area contributed by atoms with Gasteiger partial charge in [0.25, 0.3) is 0 Å². The third-order valence-electron chi connectivity index (χ3n) is 3.88. The first-order valence-electron chi connectivity index (χ1n) is 8.04. The average Bonchev–Trinajstić information content (AvgIpc) is 3.06. The average molecular weight is 360 g/mol. The molecule has 0 aliphatic carbocycles. The van der Waals surface area contributed by atoms with E-state index < -0.39 is 5.82 Å². The molecule has 1 aromatic carbocycles. The van der Waals surface area contributed by atoms with Gasteiger partial charge in [-0.1, -0.05) is 6.07 Å². The van der Waals surface area contributed by atoms with E-state index in [1.807, 2.05) is 13.0 Å². The number of benzene rings is 1. The number of hydrogen-bond donors (Lipinski definition) is 2. The van der Waals surface area contributed by atoms with Crippen LogP contribution >= 0.6 is 0 Å². The Morgan fingerprint density at radius 1 is 1.19 bits per heavy atom. The molecule has 0 radical (unpaired) electrons. The van der Waals surface area contributed by atoms with Gasteiger partial charge in [-0.2, -0.15) is 5.26 Å². The second-order valence-corrected chi connectivity index (χ2v) is 5.75. The smallest absolute Gasteiger partial charge is 0.242 e. The number of halogens is 1. The Morgan fingerprint density at radius 2 is 2.07 bits per heavy atom. The minimum absolute atomic E-state index is 0.0273. The van der Waals surface area contributed by atoms with Crippen LogP contribution in [0.1, 0.15) is 11.3 Å². The Hall–Kier alpha value is -3.99. The highest BCUT2D eigenvalue weighted by atomic mass is 19.1. The van der Waals surface area contributed by atoms with Gasteiger partial charge in [-0.3, -0.25) is 0 Å². The quantitative estimate of drug-likeness (QED) is 0.565. The number of fused-ring (bicyclic) bond motifs is 1. The fourth-order valence-corrected chi connectivity index (χ4v) is 2.67. The van der Waals surface area contributed by atoms with E-state index in [1.165, 1.54) is 12.4 Å². The van der Waals surface area contributed by atoms with E-state index in [9.17, 15) is 9.65 Å². The van der Waals surface area contributed by atoms with Crippen LogP contribution in [0.15, 0.2) is 48.9 Å². The summed E-state index contributed by atoms with van der Waals surface area (Å²) < 4.78 is 20.4. The predicted octanol–water partition coefficient (Wildman–Crippen LogP) is 4.21. The molecule has 4 rings (SSSR count). The van der Waals surface area contributed by atoms with E-state index in [0.29, 0.717) is 16.7 Å². The maximum Gasteiger partial charge on any atom is 0.242 e. The van der Waals surface area contributed by atoms with Crippen molar-refractivity contribution in [3.63, 3.8) is 0 Å². The first-order valence-corrected chi connectivity index (χ1v) is 8.04. The van der Waals surface area contributed by atoms with Crippen molar-refractivity contribution in [2.24, 2.45) is 0 Å². The van der Waals surface area contributed by atoms with Gasteiger partial charge in [0.1, 0.15) is 18.2 Å². The minimum atomic E-state index is -0.529. The SMILES string of the molecule is Cc1cc2c(F)c(Oc3ncnc(Nc4ccccn4)c3C#N)ccc2[nH]1. The zero-order valence-electron chi connectivity index (χ0n) is 14.2. The maximum atomic E-state index is 14.8. The van der Waals surface area contributed by atoms with Gasteiger partial charge >= 0.3 is 0 Å². The lowest BCUT2D eigenvalue weighted by molar-refractivity contribution is 0.428. The van der Waals surface area contributed by atoms with Crippen molar-refractivity contribution in [2.45, 2.75) is 6.92 Å². The largest absolute Gasteiger partial charge is 0.434 e. The molecule has 7 nitrogen and oxygen atoms in total. The fraction of sp³-hybridized carbons (Fsp3) is 0.0526. The van der Waals surface area contributed by atoms with Crippen LogP contribution in [0.5, 0.6) is 11.6 Å². The number of nitrogens with zero attached hydrogens (tertiary/aromatic N) is 4. The van der Waals surface area contributed by atoms with Crippen LogP contribution in [0.2, 0.25) is 0 Å². The van der Waals surface area contributed by atoms with Gasteiger partial charge in [0.05, 0.1) is 0 Å². The number of nitriles is 1. The summed E-state index contributed by atoms with van der Waals surface area (Å²) >= 11 is 0. The number of H-pyrrole nitrogens is 1. The number of nitrogens with one attached hydrogen (secondary N) is 2. The van der Waals surface area contributed by atoms with E-state index in [2.05, 4.69) is 25.3 Å². The highest BCUT2D eigenvalue weighted by Gasteiger charge is 2.17. The molecule has 0 amide bonds. The van der Waals surface area contributed by atoms with Gasteiger partial charge in [0.2, 0.25) is 5.88 Å². The number of rotatable bonds is 4. The van der Waals surface area contributed by atoms with Crippen LogP contribution in [0.25, 0.3) is 10.9 Å². The third kappa shape index (κ3) is 3.14. The summed E-state index contributed by atoms with van der Waals surface area (Å²) in [6.07, 6.45) is 2.84. The van der Waals surface area contributed by atoms with Crippen LogP contribution in [0.4, 0.5) is 16.0 Å². The minimum Gasteiger partial charge on any atom is -0.434 e. The summed E-state index contributed by atoms with van der Waals surface area (Å²) in [7, 11) is 0. The Bertz CT molecular complexity index is 1170. The zero-order chi connectivity index (χ0) is 18.8. The zero-order valence-corrected chi connectivity index (χ0v) is 14.2. The number of ether oxygens (including phenoxy) is 1. The molecule has 0 saturated heterocycles. The summed E-state index contributed by atoms with van der Waals surface area (Å²) in [5.74, 6) is 0.129. The van der Waals surface area contributed by atoms with Crippen molar-refractivity contribution < 1.29 is 9.13 Å². The lowest BCUT2D eigenvalue weighted by atomic mass is 10.2. The Balaban J connectivity index is 1.71. The molecule has 0 bridgehead atoms. The van der Waals surface area contributed by atoms with Crippen molar-refractivity contribution in [2.75, 3.05) is 5.32 Å². The van der Waals surface area contributed by atoms with Gasteiger partial charge in [0, 0.05) is 22.8 Å². The van der Waals surface area contributed by atoms with Crippen LogP contribution in [0, 0.1) is 24.1 Å². The number of aromatic nitrogens is 4. The molecule has 27 heavy (non-hydrogen) atoms. The Morgan fingerprint density at radius 3 is 2.85 bits per heavy atom. The molecule has 0 aliphatic rings. The second kappa shape index (κ2) is 6.72. The van der Waals surface area contributed by atoms with Crippen molar-refractivity contribution >= 4 is 22.5 Å². The third-order valence-corrected chi connectivity index (χ3v) is 3.88. The van der Waals surface area contributed by atoms with E-state index >= 15 is 0 Å².